The van der Waals surface area contributed by atoms with E-state index in [4.69, 9.17) is 9.47 Å². The molecule has 19 heavy (non-hydrogen) atoms. The number of carbonyl (C=O) groups excluding carboxylic acids is 1. The quantitative estimate of drug-likeness (QED) is 0.830. The Kier molecular flexibility index (Phi) is 4.31. The average molecular weight is 266 g/mol. The second-order valence-corrected chi connectivity index (χ2v) is 4.53. The largest absolute Gasteiger partial charge is 0.461 e. The molecule has 0 spiro atoms. The zero-order valence-corrected chi connectivity index (χ0v) is 11.2. The van der Waals surface area contributed by atoms with Crippen LogP contribution in [0.3, 0.4) is 0 Å². The monoisotopic (exact) mass is 266 g/mol. The predicted octanol–water partition coefficient (Wildman–Crippen LogP) is 1.15. The van der Waals surface area contributed by atoms with Gasteiger partial charge in [-0.05, 0) is 26.7 Å². The SMILES string of the molecule is CCOC(=O)c1nc(C2CCOCC2)[nH]c(=O)c1C. The summed E-state index contributed by atoms with van der Waals surface area (Å²) in [6.07, 6.45) is 1.60. The molecule has 0 aliphatic carbocycles. The number of nitrogens with one attached hydrogen (secondary N) is 1. The summed E-state index contributed by atoms with van der Waals surface area (Å²) < 4.78 is 10.2. The van der Waals surface area contributed by atoms with Crippen LogP contribution in [0.5, 0.6) is 0 Å². The number of aromatic nitrogens is 2. The van der Waals surface area contributed by atoms with E-state index in [1.165, 1.54) is 0 Å². The highest BCUT2D eigenvalue weighted by atomic mass is 16.5. The number of H-pyrrole nitrogens is 1. The summed E-state index contributed by atoms with van der Waals surface area (Å²) in [7, 11) is 0. The first-order chi connectivity index (χ1) is 9.13. The highest BCUT2D eigenvalue weighted by Gasteiger charge is 2.22. The van der Waals surface area contributed by atoms with Gasteiger partial charge in [-0.25, -0.2) is 9.78 Å². The molecule has 0 saturated carbocycles. The van der Waals surface area contributed by atoms with Crippen molar-refractivity contribution in [3.63, 3.8) is 0 Å². The van der Waals surface area contributed by atoms with Gasteiger partial charge in [-0.2, -0.15) is 0 Å². The van der Waals surface area contributed by atoms with Gasteiger partial charge in [0.2, 0.25) is 0 Å². The molecule has 1 aromatic heterocycles. The lowest BCUT2D eigenvalue weighted by atomic mass is 9.99. The molecule has 0 aromatic carbocycles. The Balaban J connectivity index is 2.35. The van der Waals surface area contributed by atoms with Gasteiger partial charge in [-0.1, -0.05) is 0 Å². The fourth-order valence-electron chi connectivity index (χ4n) is 2.11. The van der Waals surface area contributed by atoms with Crippen molar-refractivity contribution in [2.45, 2.75) is 32.6 Å². The van der Waals surface area contributed by atoms with Gasteiger partial charge in [0.05, 0.1) is 6.61 Å². The van der Waals surface area contributed by atoms with Gasteiger partial charge in [0.15, 0.2) is 5.69 Å². The maximum atomic E-state index is 11.9. The molecule has 0 amide bonds. The van der Waals surface area contributed by atoms with E-state index >= 15 is 0 Å². The summed E-state index contributed by atoms with van der Waals surface area (Å²) in [4.78, 5) is 30.7. The fraction of sp³-hybridized carbons (Fsp3) is 0.615. The second kappa shape index (κ2) is 5.97. The van der Waals surface area contributed by atoms with Crippen LogP contribution < -0.4 is 5.56 Å². The molecule has 6 nitrogen and oxygen atoms in total. The van der Waals surface area contributed by atoms with Crippen LogP contribution in [0.4, 0.5) is 0 Å². The summed E-state index contributed by atoms with van der Waals surface area (Å²) in [6.45, 7) is 4.86. The zero-order chi connectivity index (χ0) is 13.8. The first kappa shape index (κ1) is 13.7. The van der Waals surface area contributed by atoms with E-state index in [-0.39, 0.29) is 23.8 Å². The smallest absolute Gasteiger partial charge is 0.357 e. The molecule has 1 aliphatic heterocycles. The van der Waals surface area contributed by atoms with E-state index in [0.29, 0.717) is 24.6 Å². The third-order valence-electron chi connectivity index (χ3n) is 3.25. The molecule has 2 heterocycles. The average Bonchev–Trinajstić information content (AvgIpc) is 2.43. The molecule has 6 heteroatoms. The summed E-state index contributed by atoms with van der Waals surface area (Å²) >= 11 is 0. The predicted molar refractivity (Wildman–Crippen MR) is 68.3 cm³/mol. The van der Waals surface area contributed by atoms with E-state index in [1.54, 1.807) is 13.8 Å². The molecule has 0 atom stereocenters. The Bertz CT molecular complexity index is 518. The zero-order valence-electron chi connectivity index (χ0n) is 11.2. The number of rotatable bonds is 3. The number of nitrogens with zero attached hydrogens (tertiary/aromatic N) is 1. The molecule has 0 bridgehead atoms. The van der Waals surface area contributed by atoms with Gasteiger partial charge in [-0.3, -0.25) is 4.79 Å². The number of ether oxygens (including phenoxy) is 2. The summed E-state index contributed by atoms with van der Waals surface area (Å²) in [5, 5.41) is 0. The number of esters is 1. The van der Waals surface area contributed by atoms with Gasteiger partial charge in [0.1, 0.15) is 5.82 Å². The molecule has 104 valence electrons. The molecule has 1 saturated heterocycles. The molecular weight excluding hydrogens is 248 g/mol. The standard InChI is InChI=1S/C13H18N2O4/c1-3-19-13(17)10-8(2)12(16)15-11(14-10)9-4-6-18-7-5-9/h9H,3-7H2,1-2H3,(H,14,15,16). The maximum Gasteiger partial charge on any atom is 0.357 e. The van der Waals surface area contributed by atoms with Crippen molar-refractivity contribution in [3.8, 4) is 0 Å². The van der Waals surface area contributed by atoms with Crippen LogP contribution in [-0.4, -0.2) is 35.8 Å². The second-order valence-electron chi connectivity index (χ2n) is 4.53. The van der Waals surface area contributed by atoms with E-state index in [9.17, 15) is 9.59 Å². The Morgan fingerprint density at radius 1 is 1.47 bits per heavy atom. The molecule has 1 N–H and O–H groups in total. The van der Waals surface area contributed by atoms with Crippen LogP contribution in [0.2, 0.25) is 0 Å². The lowest BCUT2D eigenvalue weighted by molar-refractivity contribution is 0.0516. The summed E-state index contributed by atoms with van der Waals surface area (Å²) in [5.74, 6) is 0.150. The van der Waals surface area contributed by atoms with Crippen LogP contribution in [0.1, 0.15) is 47.6 Å². The van der Waals surface area contributed by atoms with Crippen molar-refractivity contribution in [2.24, 2.45) is 0 Å². The van der Waals surface area contributed by atoms with Crippen molar-refractivity contribution in [3.05, 3.63) is 27.4 Å². The minimum Gasteiger partial charge on any atom is -0.461 e. The Labute approximate surface area is 111 Å². The van der Waals surface area contributed by atoms with Gasteiger partial charge in [0.25, 0.3) is 5.56 Å². The molecule has 2 rings (SSSR count). The van der Waals surface area contributed by atoms with Crippen LogP contribution in [0.25, 0.3) is 0 Å². The highest BCUT2D eigenvalue weighted by Crippen LogP contribution is 2.23. The lowest BCUT2D eigenvalue weighted by Gasteiger charge is -2.21. The van der Waals surface area contributed by atoms with Crippen LogP contribution in [-0.2, 0) is 9.47 Å². The topological polar surface area (TPSA) is 81.3 Å². The Hall–Kier alpha value is -1.69. The number of hydrogen-bond acceptors (Lipinski definition) is 5. The molecule has 0 radical (unpaired) electrons. The Morgan fingerprint density at radius 3 is 2.79 bits per heavy atom. The van der Waals surface area contributed by atoms with Crippen LogP contribution in [0, 0.1) is 6.92 Å². The van der Waals surface area contributed by atoms with Gasteiger partial charge in [-0.15, -0.1) is 0 Å². The summed E-state index contributed by atoms with van der Waals surface area (Å²) in [6, 6.07) is 0. The maximum absolute atomic E-state index is 11.9. The van der Waals surface area contributed by atoms with Crippen molar-refractivity contribution >= 4 is 5.97 Å². The lowest BCUT2D eigenvalue weighted by Crippen LogP contribution is -2.25. The van der Waals surface area contributed by atoms with E-state index in [1.807, 2.05) is 0 Å². The molecule has 1 aromatic rings. The minimum absolute atomic E-state index is 0.118. The van der Waals surface area contributed by atoms with E-state index in [0.717, 1.165) is 12.8 Å². The molecule has 0 unspecified atom stereocenters. The third-order valence-corrected chi connectivity index (χ3v) is 3.25. The van der Waals surface area contributed by atoms with Crippen molar-refractivity contribution < 1.29 is 14.3 Å². The number of hydrogen-bond donors (Lipinski definition) is 1. The summed E-state index contributed by atoms with van der Waals surface area (Å²) in [5.41, 5.74) is 0.140. The number of carbonyl (C=O) groups is 1. The van der Waals surface area contributed by atoms with Crippen molar-refractivity contribution in [1.29, 1.82) is 0 Å². The van der Waals surface area contributed by atoms with Gasteiger partial charge < -0.3 is 14.5 Å². The number of aromatic amines is 1. The first-order valence-electron chi connectivity index (χ1n) is 6.49. The van der Waals surface area contributed by atoms with Gasteiger partial charge in [0, 0.05) is 24.7 Å². The fourth-order valence-corrected chi connectivity index (χ4v) is 2.11. The van der Waals surface area contributed by atoms with Crippen molar-refractivity contribution in [2.75, 3.05) is 19.8 Å². The third kappa shape index (κ3) is 3.01. The normalized spacial score (nSPS) is 16.3. The van der Waals surface area contributed by atoms with Gasteiger partial charge >= 0.3 is 5.97 Å². The van der Waals surface area contributed by atoms with Crippen molar-refractivity contribution in [1.82, 2.24) is 9.97 Å². The first-order valence-corrected chi connectivity index (χ1v) is 6.49. The molecular formula is C13H18N2O4. The molecule has 1 aliphatic rings. The van der Waals surface area contributed by atoms with E-state index < -0.39 is 5.97 Å². The van der Waals surface area contributed by atoms with E-state index in [2.05, 4.69) is 9.97 Å². The highest BCUT2D eigenvalue weighted by molar-refractivity contribution is 5.88. The van der Waals surface area contributed by atoms with Crippen LogP contribution in [0.15, 0.2) is 4.79 Å². The minimum atomic E-state index is -0.542. The van der Waals surface area contributed by atoms with Crippen LogP contribution >= 0.6 is 0 Å². The Morgan fingerprint density at radius 2 is 2.16 bits per heavy atom. The molecule has 1 fully saturated rings.